The van der Waals surface area contributed by atoms with Gasteiger partial charge in [-0.1, -0.05) is 0 Å². The van der Waals surface area contributed by atoms with Gasteiger partial charge in [0.15, 0.2) is 0 Å². The number of hydrogen-bond donors (Lipinski definition) is 4. The molecule has 2 amide bonds. The summed E-state index contributed by atoms with van der Waals surface area (Å²) in [5.74, 6) is -1.15. The quantitative estimate of drug-likeness (QED) is 0.436. The molecule has 4 rings (SSSR count). The topological polar surface area (TPSA) is 159 Å². The van der Waals surface area contributed by atoms with Crippen molar-refractivity contribution in [1.82, 2.24) is 30.0 Å². The predicted octanol–water partition coefficient (Wildman–Crippen LogP) is 0.852. The summed E-state index contributed by atoms with van der Waals surface area (Å²) in [4.78, 5) is 46.4. The van der Waals surface area contributed by atoms with Gasteiger partial charge in [-0.25, -0.2) is 15.0 Å². The molecular formula is C20H24N6O5S. The van der Waals surface area contributed by atoms with Crippen molar-refractivity contribution in [3.05, 3.63) is 46.9 Å². The molecule has 0 aliphatic heterocycles. The molecule has 170 valence electrons. The zero-order chi connectivity index (χ0) is 23.1. The minimum Gasteiger partial charge on any atom is -0.481 e. The standard InChI is InChI=1S/C18H20N6O3S.C2H4O2/c25-15-3-2-11(16(26)20-7-12-9-28-10-21-12)6-13(15)22-17(27)14-8-24-5-1-4-19-18(24)23-14;1-2(3)4/h1,4-5,8-11,13,15,25H,2-3,6-7H2,(H,20,26)(H,22,27);1H3,(H,3,4)/t11-,13+,15+;/m0./s1. The maximum Gasteiger partial charge on any atom is 0.300 e. The van der Waals surface area contributed by atoms with E-state index >= 15 is 0 Å². The van der Waals surface area contributed by atoms with E-state index in [-0.39, 0.29) is 17.5 Å². The first-order chi connectivity index (χ1) is 15.3. The number of hydrogen-bond acceptors (Lipinski definition) is 8. The second-order valence-corrected chi connectivity index (χ2v) is 8.05. The van der Waals surface area contributed by atoms with Gasteiger partial charge in [-0.2, -0.15) is 0 Å². The number of aliphatic hydroxyl groups excluding tert-OH is 1. The van der Waals surface area contributed by atoms with Crippen molar-refractivity contribution in [2.45, 2.75) is 44.9 Å². The highest BCUT2D eigenvalue weighted by Gasteiger charge is 2.34. The number of carbonyl (C=O) groups excluding carboxylic acids is 2. The van der Waals surface area contributed by atoms with E-state index in [0.29, 0.717) is 31.6 Å². The summed E-state index contributed by atoms with van der Waals surface area (Å²) in [5.41, 5.74) is 2.76. The monoisotopic (exact) mass is 460 g/mol. The molecule has 0 saturated heterocycles. The molecule has 11 nitrogen and oxygen atoms in total. The third-order valence-corrected chi connectivity index (χ3v) is 5.53. The number of amides is 2. The minimum absolute atomic E-state index is 0.0870. The molecular weight excluding hydrogens is 436 g/mol. The van der Waals surface area contributed by atoms with E-state index in [0.717, 1.165) is 12.6 Å². The number of nitrogens with zero attached hydrogens (tertiary/aromatic N) is 4. The number of rotatable bonds is 5. The van der Waals surface area contributed by atoms with Gasteiger partial charge in [0.2, 0.25) is 11.7 Å². The molecule has 0 bridgehead atoms. The Morgan fingerprint density at radius 1 is 1.28 bits per heavy atom. The van der Waals surface area contributed by atoms with Crippen LogP contribution in [0.25, 0.3) is 5.78 Å². The molecule has 1 aliphatic carbocycles. The summed E-state index contributed by atoms with van der Waals surface area (Å²) < 4.78 is 1.65. The van der Waals surface area contributed by atoms with Gasteiger partial charge in [0.1, 0.15) is 5.69 Å². The largest absolute Gasteiger partial charge is 0.481 e. The van der Waals surface area contributed by atoms with Crippen LogP contribution >= 0.6 is 11.3 Å². The number of aromatic nitrogens is 4. The van der Waals surface area contributed by atoms with Gasteiger partial charge in [-0.05, 0) is 25.3 Å². The Kier molecular flexibility index (Phi) is 7.84. The average molecular weight is 461 g/mol. The zero-order valence-corrected chi connectivity index (χ0v) is 18.2. The molecule has 0 spiro atoms. The highest BCUT2D eigenvalue weighted by molar-refractivity contribution is 7.07. The molecule has 3 aromatic heterocycles. The smallest absolute Gasteiger partial charge is 0.300 e. The maximum absolute atomic E-state index is 12.6. The first-order valence-corrected chi connectivity index (χ1v) is 10.9. The fraction of sp³-hybridized carbons (Fsp3) is 0.400. The molecule has 0 unspecified atom stereocenters. The predicted molar refractivity (Wildman–Crippen MR) is 115 cm³/mol. The average Bonchev–Trinajstić information content (AvgIpc) is 3.43. The lowest BCUT2D eigenvalue weighted by atomic mass is 9.83. The molecule has 3 atom stereocenters. The van der Waals surface area contributed by atoms with Crippen LogP contribution in [0.5, 0.6) is 0 Å². The van der Waals surface area contributed by atoms with Crippen LogP contribution in [0.1, 0.15) is 42.4 Å². The Balaban J connectivity index is 0.000000668. The van der Waals surface area contributed by atoms with Crippen molar-refractivity contribution in [3.8, 4) is 0 Å². The van der Waals surface area contributed by atoms with E-state index in [4.69, 9.17) is 9.90 Å². The lowest BCUT2D eigenvalue weighted by Gasteiger charge is -2.33. The minimum atomic E-state index is -0.833. The first kappa shape index (κ1) is 23.3. The summed E-state index contributed by atoms with van der Waals surface area (Å²) in [7, 11) is 0. The fourth-order valence-corrected chi connectivity index (χ4v) is 3.93. The fourth-order valence-electron chi connectivity index (χ4n) is 3.38. The van der Waals surface area contributed by atoms with E-state index in [1.807, 2.05) is 5.38 Å². The number of thiazole rings is 1. The van der Waals surface area contributed by atoms with Gasteiger partial charge in [0.05, 0.1) is 29.9 Å². The lowest BCUT2D eigenvalue weighted by molar-refractivity contribution is -0.134. The van der Waals surface area contributed by atoms with Crippen LogP contribution in [0.4, 0.5) is 0 Å². The van der Waals surface area contributed by atoms with Gasteiger partial charge < -0.3 is 20.8 Å². The highest BCUT2D eigenvalue weighted by atomic mass is 32.1. The van der Waals surface area contributed by atoms with Crippen LogP contribution in [-0.2, 0) is 16.1 Å². The van der Waals surface area contributed by atoms with Crippen molar-refractivity contribution >= 4 is 34.9 Å². The van der Waals surface area contributed by atoms with Gasteiger partial charge in [-0.15, -0.1) is 11.3 Å². The highest BCUT2D eigenvalue weighted by Crippen LogP contribution is 2.25. The molecule has 1 saturated carbocycles. The first-order valence-electron chi connectivity index (χ1n) is 9.96. The van der Waals surface area contributed by atoms with Crippen molar-refractivity contribution in [3.63, 3.8) is 0 Å². The van der Waals surface area contributed by atoms with E-state index in [1.54, 1.807) is 34.6 Å². The van der Waals surface area contributed by atoms with Crippen LogP contribution in [0.3, 0.4) is 0 Å². The van der Waals surface area contributed by atoms with E-state index in [9.17, 15) is 14.7 Å². The Bertz CT molecular complexity index is 1030. The van der Waals surface area contributed by atoms with Crippen LogP contribution in [0.2, 0.25) is 0 Å². The zero-order valence-electron chi connectivity index (χ0n) is 17.3. The lowest BCUT2D eigenvalue weighted by Crippen LogP contribution is -2.49. The summed E-state index contributed by atoms with van der Waals surface area (Å²) >= 11 is 1.48. The number of nitrogens with one attached hydrogen (secondary N) is 2. The molecule has 12 heteroatoms. The molecule has 3 aromatic rings. The number of carboxylic acid groups (broad SMARTS) is 1. The SMILES string of the molecule is CC(=O)O.O=C(N[C@@H]1C[C@@H](C(=O)NCc2cscn2)CC[C@H]1O)c1cn2cccnc2n1. The Labute approximate surface area is 187 Å². The van der Waals surface area contributed by atoms with Gasteiger partial charge >= 0.3 is 0 Å². The van der Waals surface area contributed by atoms with Gasteiger partial charge in [-0.3, -0.25) is 18.8 Å². The summed E-state index contributed by atoms with van der Waals surface area (Å²) in [6.45, 7) is 1.46. The summed E-state index contributed by atoms with van der Waals surface area (Å²) in [6, 6.07) is 1.24. The number of carboxylic acids is 1. The summed E-state index contributed by atoms with van der Waals surface area (Å²) in [5, 5.41) is 25.3. The number of aliphatic carboxylic acids is 1. The Morgan fingerprint density at radius 3 is 2.75 bits per heavy atom. The van der Waals surface area contributed by atoms with Crippen molar-refractivity contribution in [2.24, 2.45) is 5.92 Å². The van der Waals surface area contributed by atoms with Crippen molar-refractivity contribution < 1.29 is 24.6 Å². The number of carbonyl (C=O) groups is 3. The molecule has 1 fully saturated rings. The molecule has 0 aromatic carbocycles. The maximum atomic E-state index is 12.6. The third kappa shape index (κ3) is 6.31. The van der Waals surface area contributed by atoms with Crippen LogP contribution in [0, 0.1) is 5.92 Å². The number of aliphatic hydroxyl groups is 1. The number of fused-ring (bicyclic) bond motifs is 1. The van der Waals surface area contributed by atoms with Gasteiger partial charge in [0, 0.05) is 36.8 Å². The molecule has 3 heterocycles. The summed E-state index contributed by atoms with van der Waals surface area (Å²) in [6.07, 6.45) is 5.66. The molecule has 4 N–H and O–H groups in total. The van der Waals surface area contributed by atoms with E-state index < -0.39 is 24.0 Å². The Hall–Kier alpha value is -3.38. The van der Waals surface area contributed by atoms with Crippen LogP contribution < -0.4 is 10.6 Å². The van der Waals surface area contributed by atoms with E-state index in [2.05, 4.69) is 25.6 Å². The van der Waals surface area contributed by atoms with Gasteiger partial charge in [0.25, 0.3) is 11.9 Å². The van der Waals surface area contributed by atoms with Crippen LogP contribution in [-0.4, -0.2) is 59.5 Å². The second kappa shape index (κ2) is 10.8. The molecule has 32 heavy (non-hydrogen) atoms. The normalized spacial score (nSPS) is 20.1. The third-order valence-electron chi connectivity index (χ3n) is 4.90. The van der Waals surface area contributed by atoms with Crippen molar-refractivity contribution in [1.29, 1.82) is 0 Å². The van der Waals surface area contributed by atoms with Crippen molar-refractivity contribution in [2.75, 3.05) is 0 Å². The second-order valence-electron chi connectivity index (χ2n) is 7.33. The Morgan fingerprint density at radius 2 is 2.06 bits per heavy atom. The van der Waals surface area contributed by atoms with E-state index in [1.165, 1.54) is 11.3 Å². The number of imidazole rings is 1. The van der Waals surface area contributed by atoms with Crippen LogP contribution in [0.15, 0.2) is 35.5 Å². The molecule has 1 aliphatic rings. The molecule has 0 radical (unpaired) electrons.